The summed E-state index contributed by atoms with van der Waals surface area (Å²) in [5.41, 5.74) is 1.94. The Bertz CT molecular complexity index is 1240. The van der Waals surface area contributed by atoms with Gasteiger partial charge in [-0.25, -0.2) is 18.9 Å². The third-order valence-electron chi connectivity index (χ3n) is 4.25. The summed E-state index contributed by atoms with van der Waals surface area (Å²) in [6.45, 7) is 1.94. The molecule has 0 radical (unpaired) electrons. The number of aromatic nitrogens is 3. The fourth-order valence-electron chi connectivity index (χ4n) is 2.83. The third-order valence-corrected chi connectivity index (χ3v) is 5.73. The number of hydrogen-bond donors (Lipinski definition) is 0. The van der Waals surface area contributed by atoms with Gasteiger partial charge in [0.15, 0.2) is 5.16 Å². The Kier molecular flexibility index (Phi) is 5.28. The van der Waals surface area contributed by atoms with Gasteiger partial charge in [0.05, 0.1) is 10.9 Å². The molecule has 0 aliphatic carbocycles. The van der Waals surface area contributed by atoms with Crippen LogP contribution in [0.1, 0.15) is 11.1 Å². The van der Waals surface area contributed by atoms with Crippen LogP contribution in [-0.2, 0) is 5.75 Å². The number of nitrogens with zero attached hydrogens (tertiary/aromatic N) is 3. The van der Waals surface area contributed by atoms with Crippen molar-refractivity contribution in [3.05, 3.63) is 92.6 Å². The van der Waals surface area contributed by atoms with Crippen molar-refractivity contribution in [2.24, 2.45) is 0 Å². The summed E-state index contributed by atoms with van der Waals surface area (Å²) < 4.78 is 16.4. The van der Waals surface area contributed by atoms with E-state index in [1.807, 2.05) is 31.2 Å². The van der Waals surface area contributed by atoms with Crippen LogP contribution in [0.3, 0.4) is 0 Å². The maximum Gasteiger partial charge on any atom is 0.267 e. The van der Waals surface area contributed by atoms with Gasteiger partial charge in [0, 0.05) is 16.4 Å². The smallest absolute Gasteiger partial charge is 0.267 e. The molecule has 0 fully saturated rings. The van der Waals surface area contributed by atoms with Crippen LogP contribution in [0.25, 0.3) is 16.7 Å². The van der Waals surface area contributed by atoms with Crippen molar-refractivity contribution in [3.63, 3.8) is 0 Å². The molecule has 140 valence electrons. The van der Waals surface area contributed by atoms with Gasteiger partial charge in [0.25, 0.3) is 5.56 Å². The van der Waals surface area contributed by atoms with Crippen LogP contribution >= 0.6 is 27.7 Å². The molecule has 0 N–H and O–H groups in total. The van der Waals surface area contributed by atoms with Gasteiger partial charge in [-0.3, -0.25) is 4.79 Å². The average Bonchev–Trinajstić information content (AvgIpc) is 2.67. The molecule has 2 aromatic heterocycles. The highest BCUT2D eigenvalue weighted by Crippen LogP contribution is 2.26. The van der Waals surface area contributed by atoms with E-state index in [0.717, 1.165) is 5.56 Å². The largest absolute Gasteiger partial charge is 0.268 e. The molecule has 0 saturated heterocycles. The molecule has 0 atom stereocenters. The lowest BCUT2D eigenvalue weighted by molar-refractivity contribution is 0.616. The Morgan fingerprint density at radius 1 is 1.14 bits per heavy atom. The van der Waals surface area contributed by atoms with Gasteiger partial charge in [0.2, 0.25) is 0 Å². The first-order valence-corrected chi connectivity index (χ1v) is 10.3. The van der Waals surface area contributed by atoms with E-state index in [2.05, 4.69) is 25.9 Å². The molecular formula is C21H15BrFN3OS. The predicted octanol–water partition coefficient (Wildman–Crippen LogP) is 5.28. The summed E-state index contributed by atoms with van der Waals surface area (Å²) in [7, 11) is 0. The topological polar surface area (TPSA) is 47.8 Å². The molecule has 0 aliphatic rings. The Balaban J connectivity index is 1.84. The molecule has 0 aliphatic heterocycles. The second-order valence-electron chi connectivity index (χ2n) is 6.27. The monoisotopic (exact) mass is 455 g/mol. The Morgan fingerprint density at radius 2 is 1.96 bits per heavy atom. The van der Waals surface area contributed by atoms with Crippen molar-refractivity contribution in [3.8, 4) is 5.82 Å². The van der Waals surface area contributed by atoms with E-state index in [1.54, 1.807) is 30.5 Å². The van der Waals surface area contributed by atoms with Crippen LogP contribution in [0, 0.1) is 12.7 Å². The molecule has 0 bridgehead atoms. The van der Waals surface area contributed by atoms with Gasteiger partial charge in [-0.1, -0.05) is 45.9 Å². The number of halogens is 2. The van der Waals surface area contributed by atoms with Gasteiger partial charge in [-0.15, -0.1) is 0 Å². The number of pyridine rings is 1. The van der Waals surface area contributed by atoms with E-state index in [0.29, 0.717) is 37.7 Å². The van der Waals surface area contributed by atoms with Crippen LogP contribution < -0.4 is 5.56 Å². The molecule has 0 spiro atoms. The molecular weight excluding hydrogens is 441 g/mol. The van der Waals surface area contributed by atoms with Crippen LogP contribution in [-0.4, -0.2) is 14.5 Å². The highest BCUT2D eigenvalue weighted by Gasteiger charge is 2.15. The average molecular weight is 456 g/mol. The lowest BCUT2D eigenvalue weighted by atomic mass is 10.2. The summed E-state index contributed by atoms with van der Waals surface area (Å²) in [6, 6.07) is 15.8. The molecule has 7 heteroatoms. The number of aryl methyl sites for hydroxylation is 1. The second kappa shape index (κ2) is 7.85. The molecule has 4 nitrogen and oxygen atoms in total. The molecule has 4 rings (SSSR count). The highest BCUT2D eigenvalue weighted by atomic mass is 79.9. The molecule has 0 unspecified atom stereocenters. The first kappa shape index (κ1) is 18.8. The van der Waals surface area contributed by atoms with E-state index < -0.39 is 0 Å². The van der Waals surface area contributed by atoms with Crippen molar-refractivity contribution < 1.29 is 4.39 Å². The van der Waals surface area contributed by atoms with E-state index in [-0.39, 0.29) is 11.4 Å². The van der Waals surface area contributed by atoms with E-state index in [4.69, 9.17) is 0 Å². The van der Waals surface area contributed by atoms with Gasteiger partial charge in [-0.05, 0) is 54.4 Å². The Morgan fingerprint density at radius 3 is 2.75 bits per heavy atom. The molecule has 2 heterocycles. The molecule has 4 aromatic rings. The van der Waals surface area contributed by atoms with E-state index in [9.17, 15) is 9.18 Å². The third kappa shape index (κ3) is 3.72. The van der Waals surface area contributed by atoms with Crippen molar-refractivity contribution in [1.82, 2.24) is 14.5 Å². The Labute approximate surface area is 173 Å². The summed E-state index contributed by atoms with van der Waals surface area (Å²) in [4.78, 5) is 22.2. The SMILES string of the molecule is Cc1ccnc(-n2c(SCc3ccc(Br)cc3F)nc3ccccc3c2=O)c1. The lowest BCUT2D eigenvalue weighted by Crippen LogP contribution is -2.22. The fraction of sp³-hybridized carbons (Fsp3) is 0.0952. The molecule has 0 amide bonds. The van der Waals surface area contributed by atoms with Crippen LogP contribution in [0.4, 0.5) is 4.39 Å². The first-order valence-electron chi connectivity index (χ1n) is 8.54. The standard InChI is InChI=1S/C21H15BrFN3OS/c1-13-8-9-24-19(10-13)26-20(27)16-4-2-3-5-18(16)25-21(26)28-12-14-6-7-15(22)11-17(14)23/h2-11H,12H2,1H3. The minimum atomic E-state index is -0.301. The van der Waals surface area contributed by atoms with Gasteiger partial charge in [0.1, 0.15) is 11.6 Å². The van der Waals surface area contributed by atoms with Gasteiger partial charge in [-0.2, -0.15) is 0 Å². The van der Waals surface area contributed by atoms with Crippen LogP contribution in [0.15, 0.2) is 75.2 Å². The highest BCUT2D eigenvalue weighted by molar-refractivity contribution is 9.10. The van der Waals surface area contributed by atoms with Crippen LogP contribution in [0.5, 0.6) is 0 Å². The maximum absolute atomic E-state index is 14.2. The van der Waals surface area contributed by atoms with Crippen molar-refractivity contribution in [2.75, 3.05) is 0 Å². The second-order valence-corrected chi connectivity index (χ2v) is 8.13. The number of fused-ring (bicyclic) bond motifs is 1. The van der Waals surface area contributed by atoms with Crippen molar-refractivity contribution in [2.45, 2.75) is 17.8 Å². The van der Waals surface area contributed by atoms with Gasteiger partial charge >= 0.3 is 0 Å². The number of benzene rings is 2. The van der Waals surface area contributed by atoms with Gasteiger partial charge < -0.3 is 0 Å². The fourth-order valence-corrected chi connectivity index (χ4v) is 4.16. The maximum atomic E-state index is 14.2. The van der Waals surface area contributed by atoms with Crippen molar-refractivity contribution >= 4 is 38.6 Å². The van der Waals surface area contributed by atoms with E-state index in [1.165, 1.54) is 22.4 Å². The number of para-hydroxylation sites is 1. The predicted molar refractivity (Wildman–Crippen MR) is 114 cm³/mol. The van der Waals surface area contributed by atoms with E-state index >= 15 is 0 Å². The quantitative estimate of drug-likeness (QED) is 0.310. The number of thioether (sulfide) groups is 1. The van der Waals surface area contributed by atoms with Crippen molar-refractivity contribution in [1.29, 1.82) is 0 Å². The first-order chi connectivity index (χ1) is 13.5. The number of rotatable bonds is 4. The minimum Gasteiger partial charge on any atom is -0.268 e. The molecule has 0 saturated carbocycles. The summed E-state index contributed by atoms with van der Waals surface area (Å²) in [6.07, 6.45) is 1.66. The zero-order valence-electron chi connectivity index (χ0n) is 14.9. The zero-order valence-corrected chi connectivity index (χ0v) is 17.3. The normalized spacial score (nSPS) is 11.1. The summed E-state index contributed by atoms with van der Waals surface area (Å²) >= 11 is 4.57. The summed E-state index contributed by atoms with van der Waals surface area (Å²) in [5, 5.41) is 0.995. The molecule has 2 aromatic carbocycles. The minimum absolute atomic E-state index is 0.192. The number of hydrogen-bond acceptors (Lipinski definition) is 4. The lowest BCUT2D eigenvalue weighted by Gasteiger charge is -2.13. The zero-order chi connectivity index (χ0) is 19.7. The summed E-state index contributed by atoms with van der Waals surface area (Å²) in [5.74, 6) is 0.544. The van der Waals surface area contributed by atoms with Crippen LogP contribution in [0.2, 0.25) is 0 Å². The molecule has 28 heavy (non-hydrogen) atoms. The Hall–Kier alpha value is -2.51.